The van der Waals surface area contributed by atoms with E-state index in [9.17, 15) is 70.0 Å². The third kappa shape index (κ3) is 13.4. The van der Waals surface area contributed by atoms with Crippen LogP contribution in [-0.2, 0) is 50.6 Å². The first-order valence-corrected chi connectivity index (χ1v) is 18.6. The van der Waals surface area contributed by atoms with E-state index in [0.717, 1.165) is 24.3 Å². The Bertz CT molecular complexity index is 2630. The summed E-state index contributed by atoms with van der Waals surface area (Å²) in [4.78, 5) is -6.37. The van der Waals surface area contributed by atoms with Crippen LogP contribution in [-0.4, -0.2) is 70.0 Å². The first-order valence-electron chi connectivity index (χ1n) is 11.5. The van der Waals surface area contributed by atoms with Crippen molar-refractivity contribution in [1.29, 1.82) is 0 Å². The molecule has 250 valence electrons. The number of fused-ring (bicyclic) bond motifs is 1. The van der Waals surface area contributed by atoms with Crippen LogP contribution in [0.4, 0.5) is 22.7 Å². The molecule has 20 nitrogen and oxygen atoms in total. The molecule has 0 saturated heterocycles. The van der Waals surface area contributed by atoms with Gasteiger partial charge in [-0.2, -0.15) is 36.8 Å². The molecular weight excluding hydrogens is 852 g/mol. The van der Waals surface area contributed by atoms with Crippen molar-refractivity contribution in [3.05, 3.63) is 60.7 Å². The van der Waals surface area contributed by atoms with Gasteiger partial charge in [-0.1, -0.05) is 0 Å². The summed E-state index contributed by atoms with van der Waals surface area (Å²) in [6.45, 7) is 0. The minimum Gasteiger partial charge on any atom is -0.744 e. The minimum atomic E-state index is -5.75. The second-order valence-electron chi connectivity index (χ2n) is 8.76. The molecule has 0 radical (unpaired) electrons. The van der Waals surface area contributed by atoms with E-state index in [2.05, 4.69) is 26.5 Å². The number of aromatic hydroxyl groups is 1. The SMILES string of the molecule is O=S(=O)([O-])c1cc(S(=O)(=O)[O-])c2c(N=Nc3[c-]c(S(=O)(=O)O)c(N=Nc4cc[c-]cc4S(=O)(=O)O)cc3)c(O)c(S(=O)(=O)[O-])cc2c1.[Na+].[Na+].[Na+].[Na+].[Na+]. The van der Waals surface area contributed by atoms with Gasteiger partial charge in [0.25, 0.3) is 10.1 Å². The summed E-state index contributed by atoms with van der Waals surface area (Å²) in [7, 11) is -27.0. The van der Waals surface area contributed by atoms with Crippen molar-refractivity contribution in [2.75, 3.05) is 0 Å². The molecule has 0 aliphatic rings. The Kier molecular flexibility index (Phi) is 21.5. The van der Waals surface area contributed by atoms with E-state index in [0.29, 0.717) is 6.07 Å². The Morgan fingerprint density at radius 1 is 0.596 bits per heavy atom. The second kappa shape index (κ2) is 20.4. The molecule has 0 aromatic heterocycles. The topological polar surface area (TPSA) is 350 Å². The van der Waals surface area contributed by atoms with Crippen LogP contribution < -0.4 is 148 Å². The van der Waals surface area contributed by atoms with E-state index >= 15 is 0 Å². The summed E-state index contributed by atoms with van der Waals surface area (Å²) >= 11 is 0. The van der Waals surface area contributed by atoms with Crippen molar-refractivity contribution in [3.8, 4) is 5.75 Å². The maximum Gasteiger partial charge on any atom is 1.00 e. The largest absolute Gasteiger partial charge is 1.00 e. The maximum atomic E-state index is 12.1. The van der Waals surface area contributed by atoms with Crippen molar-refractivity contribution < 1.29 is 218 Å². The van der Waals surface area contributed by atoms with E-state index in [-0.39, 0.29) is 160 Å². The van der Waals surface area contributed by atoms with E-state index < -0.39 is 114 Å². The van der Waals surface area contributed by atoms with E-state index in [1.807, 2.05) is 6.07 Å². The average molecular weight is 863 g/mol. The van der Waals surface area contributed by atoms with Crippen LogP contribution in [0.15, 0.2) is 93.5 Å². The van der Waals surface area contributed by atoms with Crippen molar-refractivity contribution in [2.45, 2.75) is 24.5 Å². The summed E-state index contributed by atoms with van der Waals surface area (Å²) in [5, 5.41) is 22.6. The van der Waals surface area contributed by atoms with Gasteiger partial charge >= 0.3 is 148 Å². The molecule has 0 aliphatic heterocycles. The Balaban J connectivity index is 0. The van der Waals surface area contributed by atoms with Gasteiger partial charge in [-0.15, -0.1) is 29.4 Å². The van der Waals surface area contributed by atoms with Crippen LogP contribution >= 0.6 is 0 Å². The molecule has 0 bridgehead atoms. The fourth-order valence-corrected chi connectivity index (χ4v) is 6.89. The summed E-state index contributed by atoms with van der Waals surface area (Å²) in [5.74, 6) is -1.60. The molecule has 0 amide bonds. The quantitative estimate of drug-likeness (QED) is 0.0609. The van der Waals surface area contributed by atoms with E-state index in [1.165, 1.54) is 6.07 Å². The standard InChI is InChI=1S/C22H14N4O16S5.5Na/c27-22-19(47(40,41)42)8-11-7-13(43(28,29)30)10-18(46(37,38)39)20(11)21(22)26-23-12-5-6-15(17(9-12)45(34,35)36)25-24-14-3-1-2-4-16(14)44(31,32)33;;;;;/h1,3-8,10,27H,(H,28,29,30)(H,31,32,33)(H,34,35,36)(H,37,38,39)(H,40,41,42);;;;;/q-2;5*+1/p-3. The second-order valence-corrected chi connectivity index (χ2v) is 15.6. The molecule has 4 aromatic carbocycles. The van der Waals surface area contributed by atoms with Crippen molar-refractivity contribution in [1.82, 2.24) is 0 Å². The number of hydrogen-bond donors (Lipinski definition) is 3. The van der Waals surface area contributed by atoms with Gasteiger partial charge in [-0.05, 0) is 40.6 Å². The molecular formula is C22H11N4Na5O16S5. The fourth-order valence-electron chi connectivity index (χ4n) is 3.75. The molecule has 52 heavy (non-hydrogen) atoms. The van der Waals surface area contributed by atoms with Crippen LogP contribution in [0.25, 0.3) is 10.8 Å². The number of rotatable bonds is 9. The minimum absolute atomic E-state index is 0. The Morgan fingerprint density at radius 2 is 1.15 bits per heavy atom. The molecule has 0 spiro atoms. The molecule has 4 aromatic rings. The fraction of sp³-hybridized carbons (Fsp3) is 0. The molecule has 0 aliphatic carbocycles. The Labute approximate surface area is 406 Å². The molecule has 0 unspecified atom stereocenters. The van der Waals surface area contributed by atoms with Crippen molar-refractivity contribution >= 4 is 84.1 Å². The van der Waals surface area contributed by atoms with E-state index in [4.69, 9.17) is 0 Å². The smallest absolute Gasteiger partial charge is 0.744 e. The third-order valence-corrected chi connectivity index (χ3v) is 9.88. The number of azo groups is 2. The number of hydrogen-bond acceptors (Lipinski definition) is 18. The molecule has 0 saturated carbocycles. The number of phenols is 1. The van der Waals surface area contributed by atoms with Gasteiger partial charge in [0, 0.05) is 15.2 Å². The van der Waals surface area contributed by atoms with Gasteiger partial charge in [-0.25, -0.2) is 38.8 Å². The summed E-state index contributed by atoms with van der Waals surface area (Å²) < 4.78 is 172. The molecule has 3 N–H and O–H groups in total. The van der Waals surface area contributed by atoms with Crippen LogP contribution in [0.5, 0.6) is 5.75 Å². The van der Waals surface area contributed by atoms with Gasteiger partial charge < -0.3 is 18.8 Å². The van der Waals surface area contributed by atoms with Gasteiger partial charge in [0.15, 0.2) is 5.75 Å². The summed E-state index contributed by atoms with van der Waals surface area (Å²) in [6, 6.07) is 9.71. The normalized spacial score (nSPS) is 12.2. The third-order valence-electron chi connectivity index (χ3n) is 5.65. The van der Waals surface area contributed by atoms with Gasteiger partial charge in [0.05, 0.1) is 14.7 Å². The Hall–Kier alpha value is 0.690. The average Bonchev–Trinajstić information content (AvgIpc) is 2.92. The molecule has 0 heterocycles. The van der Waals surface area contributed by atoms with Crippen LogP contribution in [0.2, 0.25) is 0 Å². The maximum absolute atomic E-state index is 12.1. The zero-order chi connectivity index (χ0) is 35.3. The zero-order valence-corrected chi connectivity index (χ0v) is 41.2. The van der Waals surface area contributed by atoms with E-state index in [1.54, 1.807) is 0 Å². The van der Waals surface area contributed by atoms with Crippen LogP contribution in [0.1, 0.15) is 0 Å². The monoisotopic (exact) mass is 862 g/mol. The number of phenolic OH excluding ortho intramolecular Hbond substituents is 1. The van der Waals surface area contributed by atoms with Crippen LogP contribution in [0, 0.1) is 12.1 Å². The van der Waals surface area contributed by atoms with Gasteiger partial charge in [-0.3, -0.25) is 9.11 Å². The van der Waals surface area contributed by atoms with Gasteiger partial charge in [0.2, 0.25) is 10.1 Å². The van der Waals surface area contributed by atoms with Crippen LogP contribution in [0.3, 0.4) is 0 Å². The van der Waals surface area contributed by atoms with Crippen molar-refractivity contribution in [3.63, 3.8) is 0 Å². The first-order chi connectivity index (χ1) is 21.4. The Morgan fingerprint density at radius 3 is 1.65 bits per heavy atom. The molecule has 0 fully saturated rings. The first kappa shape index (κ1) is 54.8. The predicted molar refractivity (Wildman–Crippen MR) is 148 cm³/mol. The number of nitrogens with zero attached hydrogens (tertiary/aromatic N) is 4. The summed E-state index contributed by atoms with van der Waals surface area (Å²) in [5.41, 5.74) is -3.17. The zero-order valence-electron chi connectivity index (χ0n) is 27.1. The van der Waals surface area contributed by atoms with Gasteiger partial charge in [0.1, 0.15) is 36.0 Å². The summed E-state index contributed by atoms with van der Waals surface area (Å²) in [6.07, 6.45) is 0. The molecule has 4 rings (SSSR count). The predicted octanol–water partition coefficient (Wildman–Crippen LogP) is -12.8. The molecule has 0 atom stereocenters. The van der Waals surface area contributed by atoms with Crippen molar-refractivity contribution in [2.24, 2.45) is 20.5 Å². The molecule has 30 heteroatoms. The number of benzene rings is 4.